The monoisotopic (exact) mass is 549 g/mol. The van der Waals surface area contributed by atoms with E-state index in [1.54, 1.807) is 0 Å². The third-order valence-corrected chi connectivity index (χ3v) is 7.56. The van der Waals surface area contributed by atoms with Gasteiger partial charge in [-0.1, -0.05) is 49.4 Å². The van der Waals surface area contributed by atoms with Gasteiger partial charge >= 0.3 is 5.97 Å². The standard InChI is InChI=1S/C32H35N7O2/c1-5-29-35-30-22(2)17-25(31(34-21-33)36-38-15-13-37(3)14-16-38)19-28(30)39(29)20-23-11-12-26(24-9-7-6-8-10-24)27(18-23)32(40)41-4/h6-12,17-19H,5,13-16,20H2,1-4H3,(H,34,36). The molecule has 9 heteroatoms. The van der Waals surface area contributed by atoms with Crippen LogP contribution in [0.15, 0.2) is 65.7 Å². The number of aliphatic imine (C=N–C) groups is 1. The summed E-state index contributed by atoms with van der Waals surface area (Å²) in [6.07, 6.45) is 2.71. The second kappa shape index (κ2) is 12.3. The van der Waals surface area contributed by atoms with Crippen molar-refractivity contribution in [1.82, 2.24) is 24.9 Å². The Morgan fingerprint density at radius 2 is 1.85 bits per heavy atom. The zero-order valence-corrected chi connectivity index (χ0v) is 24.0. The van der Waals surface area contributed by atoms with E-state index in [1.807, 2.05) is 73.8 Å². The molecule has 1 aliphatic heterocycles. The molecular weight excluding hydrogens is 514 g/mol. The Balaban J connectivity index is 1.54. The Morgan fingerprint density at radius 3 is 2.54 bits per heavy atom. The summed E-state index contributed by atoms with van der Waals surface area (Å²) in [5.74, 6) is 1.09. The van der Waals surface area contributed by atoms with E-state index in [2.05, 4.69) is 38.9 Å². The van der Waals surface area contributed by atoms with Crippen LogP contribution in [0.2, 0.25) is 0 Å². The topological polar surface area (TPSA) is 98.8 Å². The fraction of sp³-hybridized carbons (Fsp3) is 0.312. The Kier molecular flexibility index (Phi) is 8.43. The van der Waals surface area contributed by atoms with Gasteiger partial charge in [0.05, 0.1) is 23.7 Å². The molecule has 1 fully saturated rings. The number of piperazine rings is 1. The first-order chi connectivity index (χ1) is 19.9. The van der Waals surface area contributed by atoms with Crippen LogP contribution in [0, 0.1) is 18.4 Å². The van der Waals surface area contributed by atoms with Crippen LogP contribution in [-0.2, 0) is 17.7 Å². The number of likely N-dealkylation sites (N-methyl/N-ethyl adjacent to an activating group) is 1. The Hall–Kier alpha value is -4.52. The molecule has 0 atom stereocenters. The van der Waals surface area contributed by atoms with Gasteiger partial charge in [-0.3, -0.25) is 0 Å². The van der Waals surface area contributed by atoms with E-state index in [1.165, 1.54) is 7.11 Å². The average Bonchev–Trinajstić information content (AvgIpc) is 3.35. The van der Waals surface area contributed by atoms with Crippen LogP contribution in [0.4, 0.5) is 0 Å². The number of hydrazine groups is 1. The average molecular weight is 550 g/mol. The Bertz CT molecular complexity index is 1630. The number of esters is 1. The molecule has 0 amide bonds. The van der Waals surface area contributed by atoms with Crippen LogP contribution in [-0.4, -0.2) is 71.6 Å². The number of nitrogens with one attached hydrogen (secondary N) is 1. The molecular formula is C32H35N7O2. The summed E-state index contributed by atoms with van der Waals surface area (Å²) in [5, 5.41) is 11.6. The smallest absolute Gasteiger partial charge is 0.338 e. The number of nitriles is 1. The summed E-state index contributed by atoms with van der Waals surface area (Å²) in [6.45, 7) is 8.19. The van der Waals surface area contributed by atoms with E-state index < -0.39 is 0 Å². The number of methoxy groups -OCH3 is 1. The third kappa shape index (κ3) is 5.99. The van der Waals surface area contributed by atoms with Crippen molar-refractivity contribution in [1.29, 1.82) is 5.26 Å². The van der Waals surface area contributed by atoms with Gasteiger partial charge in [0.15, 0.2) is 5.84 Å². The number of ether oxygens (including phenoxy) is 1. The number of carbonyl (C=O) groups excluding carboxylic acids is 1. The lowest BCUT2D eigenvalue weighted by Crippen LogP contribution is -2.52. The lowest BCUT2D eigenvalue weighted by molar-refractivity contribution is 0.0601. The molecule has 1 saturated heterocycles. The molecule has 0 unspecified atom stereocenters. The molecule has 9 nitrogen and oxygen atoms in total. The summed E-state index contributed by atoms with van der Waals surface area (Å²) < 4.78 is 7.33. The first-order valence-electron chi connectivity index (χ1n) is 13.9. The van der Waals surface area contributed by atoms with Crippen molar-refractivity contribution in [2.75, 3.05) is 40.3 Å². The fourth-order valence-electron chi connectivity index (χ4n) is 5.32. The molecule has 41 heavy (non-hydrogen) atoms. The van der Waals surface area contributed by atoms with E-state index in [0.29, 0.717) is 17.9 Å². The molecule has 0 bridgehead atoms. The maximum atomic E-state index is 12.8. The van der Waals surface area contributed by atoms with Crippen LogP contribution in [0.25, 0.3) is 22.2 Å². The number of hydrogen-bond donors (Lipinski definition) is 1. The summed E-state index contributed by atoms with van der Waals surface area (Å²) in [5.41, 5.74) is 10.4. The van der Waals surface area contributed by atoms with E-state index in [-0.39, 0.29) is 5.97 Å². The van der Waals surface area contributed by atoms with Gasteiger partial charge in [-0.15, -0.1) is 0 Å². The number of aryl methyl sites for hydroxylation is 2. The molecule has 4 aromatic rings. The van der Waals surface area contributed by atoms with Crippen molar-refractivity contribution in [2.24, 2.45) is 4.99 Å². The van der Waals surface area contributed by atoms with Crippen LogP contribution < -0.4 is 5.43 Å². The van der Waals surface area contributed by atoms with Crippen molar-refractivity contribution in [3.05, 3.63) is 88.7 Å². The minimum atomic E-state index is -0.373. The van der Waals surface area contributed by atoms with Crippen LogP contribution in [0.3, 0.4) is 0 Å². The van der Waals surface area contributed by atoms with Crippen LogP contribution >= 0.6 is 0 Å². The highest BCUT2D eigenvalue weighted by molar-refractivity contribution is 6.02. The number of amidine groups is 1. The van der Waals surface area contributed by atoms with Gasteiger partial charge in [-0.05, 0) is 54.4 Å². The molecule has 0 aliphatic carbocycles. The summed E-state index contributed by atoms with van der Waals surface area (Å²) in [7, 11) is 3.51. The molecule has 2 heterocycles. The van der Waals surface area contributed by atoms with Crippen molar-refractivity contribution in [3.8, 4) is 17.3 Å². The first-order valence-corrected chi connectivity index (χ1v) is 13.9. The van der Waals surface area contributed by atoms with Crippen molar-refractivity contribution < 1.29 is 9.53 Å². The van der Waals surface area contributed by atoms with Gasteiger partial charge < -0.3 is 19.6 Å². The van der Waals surface area contributed by atoms with E-state index >= 15 is 0 Å². The minimum Gasteiger partial charge on any atom is -0.465 e. The molecule has 3 aromatic carbocycles. The summed E-state index contributed by atoms with van der Waals surface area (Å²) >= 11 is 0. The molecule has 0 saturated carbocycles. The zero-order chi connectivity index (χ0) is 28.9. The predicted molar refractivity (Wildman–Crippen MR) is 161 cm³/mol. The highest BCUT2D eigenvalue weighted by Gasteiger charge is 2.20. The van der Waals surface area contributed by atoms with Gasteiger partial charge in [-0.2, -0.15) is 10.3 Å². The number of benzene rings is 3. The number of carbonyl (C=O) groups is 1. The van der Waals surface area contributed by atoms with Gasteiger partial charge in [-0.25, -0.2) is 14.8 Å². The number of nitrogens with zero attached hydrogens (tertiary/aromatic N) is 6. The third-order valence-electron chi connectivity index (χ3n) is 7.56. The summed E-state index contributed by atoms with van der Waals surface area (Å²) in [4.78, 5) is 24.2. The Morgan fingerprint density at radius 1 is 1.10 bits per heavy atom. The van der Waals surface area contributed by atoms with E-state index in [4.69, 9.17) is 9.72 Å². The van der Waals surface area contributed by atoms with E-state index in [9.17, 15) is 10.1 Å². The van der Waals surface area contributed by atoms with Gasteiger partial charge in [0.2, 0.25) is 6.19 Å². The maximum Gasteiger partial charge on any atom is 0.338 e. The summed E-state index contributed by atoms with van der Waals surface area (Å²) in [6, 6.07) is 19.9. The van der Waals surface area contributed by atoms with E-state index in [0.717, 1.165) is 77.3 Å². The minimum absolute atomic E-state index is 0.373. The molecule has 1 N–H and O–H groups in total. The second-order valence-electron chi connectivity index (χ2n) is 10.3. The number of fused-ring (bicyclic) bond motifs is 1. The lowest BCUT2D eigenvalue weighted by atomic mass is 9.97. The Labute approximate surface area is 240 Å². The highest BCUT2D eigenvalue weighted by Crippen LogP contribution is 2.28. The van der Waals surface area contributed by atoms with Crippen molar-refractivity contribution in [2.45, 2.75) is 26.8 Å². The zero-order valence-electron chi connectivity index (χ0n) is 24.0. The lowest BCUT2D eigenvalue weighted by Gasteiger charge is -2.33. The SMILES string of the molecule is CCc1nc2c(C)cc(C(=NC#N)NN3CCN(C)CC3)cc2n1Cc1ccc(-c2ccccc2)c(C(=O)OC)c1. The number of aromatic nitrogens is 2. The van der Waals surface area contributed by atoms with Gasteiger partial charge in [0, 0.05) is 44.7 Å². The van der Waals surface area contributed by atoms with Gasteiger partial charge in [0.1, 0.15) is 5.82 Å². The second-order valence-corrected chi connectivity index (χ2v) is 10.3. The molecule has 0 radical (unpaired) electrons. The predicted octanol–water partition coefficient (Wildman–Crippen LogP) is 4.39. The molecule has 1 aliphatic rings. The van der Waals surface area contributed by atoms with Crippen LogP contribution in [0.5, 0.6) is 0 Å². The molecule has 0 spiro atoms. The molecule has 210 valence electrons. The maximum absolute atomic E-state index is 12.8. The van der Waals surface area contributed by atoms with Crippen molar-refractivity contribution >= 4 is 22.8 Å². The largest absolute Gasteiger partial charge is 0.465 e. The van der Waals surface area contributed by atoms with Crippen molar-refractivity contribution in [3.63, 3.8) is 0 Å². The molecule has 5 rings (SSSR count). The number of imidazole rings is 1. The normalized spacial score (nSPS) is 14.7. The van der Waals surface area contributed by atoms with Crippen LogP contribution in [0.1, 0.15) is 39.8 Å². The highest BCUT2D eigenvalue weighted by atomic mass is 16.5. The van der Waals surface area contributed by atoms with Gasteiger partial charge in [0.25, 0.3) is 0 Å². The molecule has 1 aromatic heterocycles. The number of hydrogen-bond acceptors (Lipinski definition) is 7. The number of rotatable bonds is 7. The first kappa shape index (κ1) is 28.0. The fourth-order valence-corrected chi connectivity index (χ4v) is 5.32. The quantitative estimate of drug-likeness (QED) is 0.158.